The van der Waals surface area contributed by atoms with Crippen LogP contribution in [0.25, 0.3) is 0 Å². The lowest BCUT2D eigenvalue weighted by Gasteiger charge is -2.40. The van der Waals surface area contributed by atoms with Crippen molar-refractivity contribution in [2.24, 2.45) is 11.7 Å². The molecule has 4 saturated heterocycles. The molecule has 7 rings (SSSR count). The highest BCUT2D eigenvalue weighted by Crippen LogP contribution is 2.30. The Labute approximate surface area is 290 Å². The zero-order valence-electron chi connectivity index (χ0n) is 28.2. The fourth-order valence-electron chi connectivity index (χ4n) is 7.34. The molecule has 0 aliphatic carbocycles. The van der Waals surface area contributed by atoms with Crippen LogP contribution < -0.4 is 36.0 Å². The lowest BCUT2D eigenvalue weighted by Crippen LogP contribution is -2.49. The molecule has 1 aromatic heterocycles. The van der Waals surface area contributed by atoms with Crippen LogP contribution >= 0.6 is 0 Å². The minimum absolute atomic E-state index is 0.0869. The highest BCUT2D eigenvalue weighted by atomic mass is 19.1. The van der Waals surface area contributed by atoms with E-state index in [-0.39, 0.29) is 29.3 Å². The normalized spacial score (nSPS) is 19.5. The van der Waals surface area contributed by atoms with E-state index in [0.717, 1.165) is 102 Å². The first-order chi connectivity index (χ1) is 24.3. The number of amides is 4. The lowest BCUT2D eigenvalue weighted by atomic mass is 9.95. The summed E-state index contributed by atoms with van der Waals surface area (Å²) >= 11 is 0. The molecule has 0 atom stereocenters. The number of nitrogens with zero attached hydrogens (tertiary/aromatic N) is 8. The first-order valence-electron chi connectivity index (χ1n) is 17.6. The largest absolute Gasteiger partial charge is 0.372 e. The second-order valence-corrected chi connectivity index (χ2v) is 13.5. The lowest BCUT2D eigenvalue weighted by molar-refractivity contribution is -0.120. The molecule has 3 aromatic rings. The molecular weight excluding hydrogens is 641 g/mol. The van der Waals surface area contributed by atoms with Crippen LogP contribution in [0.15, 0.2) is 42.5 Å². The maximum absolute atomic E-state index is 15.5. The van der Waals surface area contributed by atoms with E-state index in [1.807, 2.05) is 17.0 Å². The van der Waals surface area contributed by atoms with Gasteiger partial charge in [0.2, 0.25) is 11.9 Å². The van der Waals surface area contributed by atoms with Crippen molar-refractivity contribution in [2.45, 2.75) is 38.5 Å². The smallest absolute Gasteiger partial charge is 0.328 e. The molecule has 0 radical (unpaired) electrons. The van der Waals surface area contributed by atoms with Gasteiger partial charge in [0.05, 0.1) is 5.69 Å². The number of nitrogens with one attached hydrogen (secondary N) is 2. The fraction of sp³-hybridized carbons (Fsp3) is 0.486. The Kier molecular flexibility index (Phi) is 9.92. The molecule has 0 saturated carbocycles. The van der Waals surface area contributed by atoms with Crippen LogP contribution in [0.4, 0.5) is 43.7 Å². The van der Waals surface area contributed by atoms with E-state index in [1.165, 1.54) is 6.07 Å². The van der Waals surface area contributed by atoms with Crippen molar-refractivity contribution in [3.8, 4) is 0 Å². The number of urea groups is 1. The molecule has 264 valence electrons. The number of nitrogens with two attached hydrogens (primary N) is 1. The molecule has 4 amide bonds. The molecule has 4 aliphatic rings. The Bertz CT molecular complexity index is 1700. The van der Waals surface area contributed by atoms with Crippen LogP contribution in [0.3, 0.4) is 0 Å². The third-order valence-corrected chi connectivity index (χ3v) is 10.2. The van der Waals surface area contributed by atoms with Crippen molar-refractivity contribution in [3.05, 3.63) is 54.0 Å². The third-order valence-electron chi connectivity index (χ3n) is 10.2. The number of hydrogen-bond acceptors (Lipinski definition) is 11. The van der Waals surface area contributed by atoms with Gasteiger partial charge in [-0.15, -0.1) is 10.2 Å². The first-order valence-corrected chi connectivity index (χ1v) is 17.6. The Morgan fingerprint density at radius 3 is 2.24 bits per heavy atom. The summed E-state index contributed by atoms with van der Waals surface area (Å²) in [5.41, 5.74) is 8.39. The van der Waals surface area contributed by atoms with Crippen molar-refractivity contribution in [1.29, 1.82) is 0 Å². The molecule has 4 aliphatic heterocycles. The summed E-state index contributed by atoms with van der Waals surface area (Å²) in [6, 6.07) is 12.6. The molecule has 14 nitrogen and oxygen atoms in total. The number of imide groups is 1. The summed E-state index contributed by atoms with van der Waals surface area (Å²) in [5, 5.41) is 13.6. The number of anilines is 6. The zero-order valence-corrected chi connectivity index (χ0v) is 28.2. The number of hydrogen-bond donors (Lipinski definition) is 3. The van der Waals surface area contributed by atoms with Gasteiger partial charge in [0, 0.05) is 88.9 Å². The average Bonchev–Trinajstić information content (AvgIpc) is 3.13. The van der Waals surface area contributed by atoms with Crippen molar-refractivity contribution < 1.29 is 18.8 Å². The number of carbonyl (C=O) groups is 3. The number of benzene rings is 2. The summed E-state index contributed by atoms with van der Waals surface area (Å²) in [7, 11) is 0. The van der Waals surface area contributed by atoms with Gasteiger partial charge in [-0.2, -0.15) is 4.98 Å². The number of rotatable bonds is 9. The SMILES string of the molecule is NC(=O)c1nnc(N2CCCCC2)nc1Nc1ccc(N2CCN(CC3CCN(c4ccc(N5CCC(=O)NC5=O)cc4)CC3)CC2)c(F)c1. The van der Waals surface area contributed by atoms with Gasteiger partial charge in [-0.1, -0.05) is 0 Å². The van der Waals surface area contributed by atoms with E-state index in [9.17, 15) is 14.4 Å². The van der Waals surface area contributed by atoms with Crippen LogP contribution in [-0.4, -0.2) is 103 Å². The number of carbonyl (C=O) groups excluding carboxylic acids is 3. The molecule has 0 unspecified atom stereocenters. The minimum atomic E-state index is -0.755. The number of piperidine rings is 2. The molecule has 0 bridgehead atoms. The standard InChI is InChI=1S/C35H44FN11O3/c36-28-22-25(38-33-31(32(37)49)41-42-34(40-33)46-13-2-1-3-14-46)4-9-29(28)45-20-18-43(19-21-45)23-24-10-15-44(16-11-24)26-5-7-27(8-6-26)47-17-12-30(48)39-35(47)50/h4-9,22,24H,1-3,10-21,23H2,(H2,37,49)(H,38,40,42)(H,39,48,50). The highest BCUT2D eigenvalue weighted by molar-refractivity contribution is 6.05. The summed E-state index contributed by atoms with van der Waals surface area (Å²) < 4.78 is 15.5. The molecule has 4 fully saturated rings. The summed E-state index contributed by atoms with van der Waals surface area (Å²) in [4.78, 5) is 50.8. The predicted octanol–water partition coefficient (Wildman–Crippen LogP) is 3.33. The van der Waals surface area contributed by atoms with Gasteiger partial charge in [0.25, 0.3) is 5.91 Å². The van der Waals surface area contributed by atoms with Crippen molar-refractivity contribution in [2.75, 3.05) is 90.4 Å². The average molecular weight is 686 g/mol. The van der Waals surface area contributed by atoms with E-state index >= 15 is 4.39 Å². The van der Waals surface area contributed by atoms with Gasteiger partial charge >= 0.3 is 6.03 Å². The highest BCUT2D eigenvalue weighted by Gasteiger charge is 2.27. The van der Waals surface area contributed by atoms with Crippen molar-refractivity contribution in [1.82, 2.24) is 25.4 Å². The Morgan fingerprint density at radius 1 is 0.840 bits per heavy atom. The van der Waals surface area contributed by atoms with Gasteiger partial charge in [0.1, 0.15) is 5.82 Å². The third kappa shape index (κ3) is 7.57. The predicted molar refractivity (Wildman–Crippen MR) is 190 cm³/mol. The van der Waals surface area contributed by atoms with Crippen LogP contribution in [0, 0.1) is 11.7 Å². The van der Waals surface area contributed by atoms with Gasteiger partial charge in [-0.3, -0.25) is 24.7 Å². The van der Waals surface area contributed by atoms with E-state index in [2.05, 4.69) is 52.6 Å². The topological polar surface area (TPSA) is 156 Å². The number of halogens is 1. The quantitative estimate of drug-likeness (QED) is 0.304. The Morgan fingerprint density at radius 2 is 1.56 bits per heavy atom. The first kappa shape index (κ1) is 33.4. The second kappa shape index (κ2) is 14.8. The van der Waals surface area contributed by atoms with Gasteiger partial charge in [-0.05, 0) is 80.5 Å². The maximum Gasteiger partial charge on any atom is 0.328 e. The zero-order chi connectivity index (χ0) is 34.6. The van der Waals surface area contributed by atoms with Crippen molar-refractivity contribution >= 4 is 52.4 Å². The van der Waals surface area contributed by atoms with Gasteiger partial charge < -0.3 is 25.8 Å². The summed E-state index contributed by atoms with van der Waals surface area (Å²) in [6.07, 6.45) is 5.74. The maximum atomic E-state index is 15.5. The van der Waals surface area contributed by atoms with E-state index < -0.39 is 5.91 Å². The van der Waals surface area contributed by atoms with Gasteiger partial charge in [0.15, 0.2) is 11.5 Å². The Balaban J connectivity index is 0.888. The van der Waals surface area contributed by atoms with Crippen LogP contribution in [0.1, 0.15) is 49.0 Å². The molecular formula is C35H44FN11O3. The second-order valence-electron chi connectivity index (χ2n) is 13.5. The van der Waals surface area contributed by atoms with E-state index in [4.69, 9.17) is 5.73 Å². The molecule has 2 aromatic carbocycles. The van der Waals surface area contributed by atoms with Gasteiger partial charge in [-0.25, -0.2) is 9.18 Å². The molecule has 15 heteroatoms. The molecule has 0 spiro atoms. The number of primary amides is 1. The van der Waals surface area contributed by atoms with E-state index in [1.54, 1.807) is 17.0 Å². The summed E-state index contributed by atoms with van der Waals surface area (Å²) in [5.74, 6) is -0.143. The van der Waals surface area contributed by atoms with Crippen LogP contribution in [0.5, 0.6) is 0 Å². The number of piperazine rings is 1. The summed E-state index contributed by atoms with van der Waals surface area (Å²) in [6.45, 7) is 8.21. The monoisotopic (exact) mass is 685 g/mol. The Hall–Kier alpha value is -5.05. The molecule has 5 heterocycles. The minimum Gasteiger partial charge on any atom is -0.372 e. The van der Waals surface area contributed by atoms with E-state index in [0.29, 0.717) is 36.2 Å². The van der Waals surface area contributed by atoms with Crippen LogP contribution in [-0.2, 0) is 4.79 Å². The number of aromatic nitrogens is 3. The fourth-order valence-corrected chi connectivity index (χ4v) is 7.34. The molecule has 50 heavy (non-hydrogen) atoms. The molecule has 4 N–H and O–H groups in total. The van der Waals surface area contributed by atoms with Crippen molar-refractivity contribution in [3.63, 3.8) is 0 Å². The van der Waals surface area contributed by atoms with Crippen LogP contribution in [0.2, 0.25) is 0 Å².